The molecule has 0 spiro atoms. The van der Waals surface area contributed by atoms with Crippen molar-refractivity contribution in [2.24, 2.45) is 0 Å². The van der Waals surface area contributed by atoms with Gasteiger partial charge in [-0.05, 0) is 54.6 Å². The van der Waals surface area contributed by atoms with Crippen LogP contribution in [0.1, 0.15) is 0 Å². The van der Waals surface area contributed by atoms with Crippen LogP contribution in [-0.2, 0) is 0 Å². The fourth-order valence-electron chi connectivity index (χ4n) is 2.31. The fraction of sp³-hybridized carbons (Fsp3) is 0. The van der Waals surface area contributed by atoms with Gasteiger partial charge in [0.05, 0.1) is 0 Å². The Kier molecular flexibility index (Phi) is 3.48. The summed E-state index contributed by atoms with van der Waals surface area (Å²) in [5.74, 6) is 0. The Morgan fingerprint density at radius 1 is 0.524 bits per heavy atom. The van der Waals surface area contributed by atoms with Gasteiger partial charge >= 0.3 is 0 Å². The molecule has 4 N–H and O–H groups in total. The Morgan fingerprint density at radius 3 is 1.81 bits per heavy atom. The van der Waals surface area contributed by atoms with E-state index in [-0.39, 0.29) is 0 Å². The van der Waals surface area contributed by atoms with Gasteiger partial charge in [-0.15, -0.1) is 0 Å². The van der Waals surface area contributed by atoms with E-state index in [9.17, 15) is 0 Å². The number of nitrogens with zero attached hydrogens (tertiary/aromatic N) is 1. The van der Waals surface area contributed by atoms with Gasteiger partial charge in [0, 0.05) is 28.4 Å². The van der Waals surface area contributed by atoms with Gasteiger partial charge < -0.3 is 16.4 Å². The highest BCUT2D eigenvalue weighted by molar-refractivity contribution is 5.78. The molecule has 0 atom stereocenters. The zero-order chi connectivity index (χ0) is 14.7. The van der Waals surface area contributed by atoms with Crippen LogP contribution in [-0.4, -0.2) is 0 Å². The van der Waals surface area contributed by atoms with Crippen molar-refractivity contribution in [3.05, 3.63) is 78.9 Å². The van der Waals surface area contributed by atoms with Crippen molar-refractivity contribution in [2.45, 2.75) is 0 Å². The molecule has 0 amide bonds. The summed E-state index contributed by atoms with van der Waals surface area (Å²) in [6, 6.07) is 25.8. The third-order valence-corrected chi connectivity index (χ3v) is 3.29. The number of benzene rings is 3. The number of hydrogen-bond acceptors (Lipinski definition) is 3. The van der Waals surface area contributed by atoms with E-state index in [1.54, 1.807) is 0 Å². The van der Waals surface area contributed by atoms with Crippen LogP contribution in [0.2, 0.25) is 0 Å². The Bertz CT molecular complexity index is 721. The first-order valence-corrected chi connectivity index (χ1v) is 6.80. The molecule has 3 nitrogen and oxygen atoms in total. The number of anilines is 5. The molecule has 0 unspecified atom stereocenters. The second-order valence-corrected chi connectivity index (χ2v) is 4.86. The van der Waals surface area contributed by atoms with Crippen molar-refractivity contribution >= 4 is 28.4 Å². The molecular weight excluding hydrogens is 258 g/mol. The maximum Gasteiger partial charge on any atom is 0.0482 e. The normalized spacial score (nSPS) is 10.3. The lowest BCUT2D eigenvalue weighted by Gasteiger charge is -2.25. The molecule has 3 aromatic rings. The van der Waals surface area contributed by atoms with Crippen molar-refractivity contribution in [1.29, 1.82) is 0 Å². The molecule has 0 radical (unpaired) electrons. The molecule has 0 aliphatic carbocycles. The third kappa shape index (κ3) is 2.82. The van der Waals surface area contributed by atoms with Crippen LogP contribution in [0.15, 0.2) is 78.9 Å². The minimum absolute atomic E-state index is 0.740. The molecule has 0 aliphatic heterocycles. The molecule has 21 heavy (non-hydrogen) atoms. The molecular formula is C18H17N3. The van der Waals surface area contributed by atoms with Crippen molar-refractivity contribution in [3.63, 3.8) is 0 Å². The average molecular weight is 275 g/mol. The Balaban J connectivity index is 2.13. The van der Waals surface area contributed by atoms with Gasteiger partial charge in [-0.1, -0.05) is 24.3 Å². The van der Waals surface area contributed by atoms with Gasteiger partial charge in [-0.25, -0.2) is 0 Å². The van der Waals surface area contributed by atoms with E-state index in [0.29, 0.717) is 0 Å². The summed E-state index contributed by atoms with van der Waals surface area (Å²) in [5.41, 5.74) is 16.3. The van der Waals surface area contributed by atoms with Gasteiger partial charge in [0.1, 0.15) is 0 Å². The lowest BCUT2D eigenvalue weighted by molar-refractivity contribution is 1.28. The average Bonchev–Trinajstić information content (AvgIpc) is 2.51. The first kappa shape index (κ1) is 13.1. The van der Waals surface area contributed by atoms with Gasteiger partial charge in [0.25, 0.3) is 0 Å². The van der Waals surface area contributed by atoms with E-state index in [4.69, 9.17) is 11.5 Å². The fourth-order valence-corrected chi connectivity index (χ4v) is 2.31. The Labute approximate surface area is 124 Å². The Hall–Kier alpha value is -2.94. The largest absolute Gasteiger partial charge is 0.399 e. The lowest BCUT2D eigenvalue weighted by Crippen LogP contribution is -2.10. The molecule has 0 fully saturated rings. The first-order valence-electron chi connectivity index (χ1n) is 6.80. The molecule has 3 heteroatoms. The summed E-state index contributed by atoms with van der Waals surface area (Å²) in [7, 11) is 0. The maximum atomic E-state index is 5.93. The summed E-state index contributed by atoms with van der Waals surface area (Å²) >= 11 is 0. The number of rotatable bonds is 3. The van der Waals surface area contributed by atoms with Crippen molar-refractivity contribution in [3.8, 4) is 0 Å². The van der Waals surface area contributed by atoms with E-state index in [0.717, 1.165) is 28.4 Å². The van der Waals surface area contributed by atoms with Crippen LogP contribution in [0.4, 0.5) is 28.4 Å². The van der Waals surface area contributed by atoms with Crippen molar-refractivity contribution < 1.29 is 0 Å². The van der Waals surface area contributed by atoms with E-state index >= 15 is 0 Å². The van der Waals surface area contributed by atoms with Crippen LogP contribution < -0.4 is 16.4 Å². The summed E-state index contributed by atoms with van der Waals surface area (Å²) in [4.78, 5) is 2.15. The quantitative estimate of drug-likeness (QED) is 0.700. The molecule has 0 aliphatic rings. The zero-order valence-corrected chi connectivity index (χ0v) is 11.6. The van der Waals surface area contributed by atoms with Gasteiger partial charge in [-0.2, -0.15) is 0 Å². The number of hydrogen-bond donors (Lipinski definition) is 2. The topological polar surface area (TPSA) is 55.3 Å². The molecule has 0 aromatic heterocycles. The standard InChI is InChI=1S/C18H17N3/c19-14-9-11-17(12-10-14)21(16-6-2-1-3-7-16)18-8-4-5-15(20)13-18/h1-13H,19-20H2. The second kappa shape index (κ2) is 5.59. The molecule has 0 saturated heterocycles. The van der Waals surface area contributed by atoms with Gasteiger partial charge in [0.2, 0.25) is 0 Å². The highest BCUT2D eigenvalue weighted by Gasteiger charge is 2.11. The Morgan fingerprint density at radius 2 is 1.14 bits per heavy atom. The SMILES string of the molecule is Nc1ccc(N(c2ccccc2)c2cccc(N)c2)cc1. The predicted octanol–water partition coefficient (Wildman–Crippen LogP) is 4.32. The summed E-state index contributed by atoms with van der Waals surface area (Å²) < 4.78 is 0. The van der Waals surface area contributed by atoms with Crippen molar-refractivity contribution in [2.75, 3.05) is 16.4 Å². The number of nitrogen functional groups attached to an aromatic ring is 2. The van der Waals surface area contributed by atoms with Crippen LogP contribution in [0.3, 0.4) is 0 Å². The highest BCUT2D eigenvalue weighted by atomic mass is 15.1. The number of para-hydroxylation sites is 1. The van der Waals surface area contributed by atoms with Crippen molar-refractivity contribution in [1.82, 2.24) is 0 Å². The predicted molar refractivity (Wildman–Crippen MR) is 89.9 cm³/mol. The van der Waals surface area contributed by atoms with E-state index in [1.165, 1.54) is 0 Å². The highest BCUT2D eigenvalue weighted by Crippen LogP contribution is 2.35. The number of nitrogens with two attached hydrogens (primary N) is 2. The van der Waals surface area contributed by atoms with E-state index in [2.05, 4.69) is 17.0 Å². The first-order chi connectivity index (χ1) is 10.2. The second-order valence-electron chi connectivity index (χ2n) is 4.86. The minimum Gasteiger partial charge on any atom is -0.399 e. The third-order valence-electron chi connectivity index (χ3n) is 3.29. The summed E-state index contributed by atoms with van der Waals surface area (Å²) in [6.07, 6.45) is 0. The van der Waals surface area contributed by atoms with Crippen LogP contribution in [0, 0.1) is 0 Å². The van der Waals surface area contributed by atoms with E-state index < -0.39 is 0 Å². The molecule has 3 aromatic carbocycles. The molecule has 0 saturated carbocycles. The minimum atomic E-state index is 0.740. The van der Waals surface area contributed by atoms with Crippen LogP contribution >= 0.6 is 0 Å². The molecule has 0 bridgehead atoms. The monoisotopic (exact) mass is 275 g/mol. The smallest absolute Gasteiger partial charge is 0.0482 e. The summed E-state index contributed by atoms with van der Waals surface area (Å²) in [6.45, 7) is 0. The zero-order valence-electron chi connectivity index (χ0n) is 11.6. The molecule has 0 heterocycles. The molecule has 3 rings (SSSR count). The van der Waals surface area contributed by atoms with Gasteiger partial charge in [-0.3, -0.25) is 0 Å². The van der Waals surface area contributed by atoms with Gasteiger partial charge in [0.15, 0.2) is 0 Å². The summed E-state index contributed by atoms with van der Waals surface area (Å²) in [5, 5.41) is 0. The van der Waals surface area contributed by atoms with Crippen LogP contribution in [0.25, 0.3) is 0 Å². The van der Waals surface area contributed by atoms with E-state index in [1.807, 2.05) is 66.7 Å². The lowest BCUT2D eigenvalue weighted by atomic mass is 10.2. The maximum absolute atomic E-state index is 5.93. The van der Waals surface area contributed by atoms with Crippen LogP contribution in [0.5, 0.6) is 0 Å². The molecule has 104 valence electrons.